The molecule has 1 atom stereocenters. The van der Waals surface area contributed by atoms with Gasteiger partial charge >= 0.3 is 0 Å². The zero-order valence-electron chi connectivity index (χ0n) is 11.9. The molecule has 3 N–H and O–H groups in total. The average Bonchev–Trinajstić information content (AvgIpc) is 2.84. The first-order valence-corrected chi connectivity index (χ1v) is 6.67. The van der Waals surface area contributed by atoms with Crippen molar-refractivity contribution in [1.82, 2.24) is 10.4 Å². The van der Waals surface area contributed by atoms with Crippen LogP contribution in [0.4, 0.5) is 4.39 Å². The van der Waals surface area contributed by atoms with Crippen molar-refractivity contribution in [3.05, 3.63) is 64.9 Å². The predicted molar refractivity (Wildman–Crippen MR) is 79.0 cm³/mol. The number of nitrogens with zero attached hydrogens (tertiary/aromatic N) is 1. The molecule has 0 fully saturated rings. The Balaban J connectivity index is 2.09. The summed E-state index contributed by atoms with van der Waals surface area (Å²) in [6.07, 6.45) is 1.79. The van der Waals surface area contributed by atoms with Gasteiger partial charge in [-0.2, -0.15) is 0 Å². The molecule has 2 heterocycles. The normalized spacial score (nSPS) is 12.8. The van der Waals surface area contributed by atoms with Gasteiger partial charge in [0.15, 0.2) is 0 Å². The van der Waals surface area contributed by atoms with Gasteiger partial charge in [-0.3, -0.25) is 10.8 Å². The molecule has 108 valence electrons. The molecule has 1 unspecified atom stereocenters. The lowest BCUT2D eigenvalue weighted by Gasteiger charge is -2.15. The second-order valence-electron chi connectivity index (χ2n) is 5.15. The van der Waals surface area contributed by atoms with Crippen LogP contribution in [0, 0.1) is 19.7 Å². The van der Waals surface area contributed by atoms with Gasteiger partial charge in [-0.15, -0.1) is 0 Å². The number of hydrazine groups is 1. The number of hydrogen-bond donors (Lipinski definition) is 2. The van der Waals surface area contributed by atoms with E-state index >= 15 is 0 Å². The highest BCUT2D eigenvalue weighted by Crippen LogP contribution is 2.29. The number of aryl methyl sites for hydroxylation is 2. The van der Waals surface area contributed by atoms with Crippen LogP contribution in [-0.2, 0) is 0 Å². The minimum Gasteiger partial charge on any atom is -0.459 e. The van der Waals surface area contributed by atoms with E-state index in [4.69, 9.17) is 10.3 Å². The zero-order chi connectivity index (χ0) is 15.0. The van der Waals surface area contributed by atoms with Crippen LogP contribution in [0.3, 0.4) is 0 Å². The summed E-state index contributed by atoms with van der Waals surface area (Å²) in [6, 6.07) is 7.86. The molecule has 0 aliphatic carbocycles. The summed E-state index contributed by atoms with van der Waals surface area (Å²) in [6.45, 7) is 3.96. The van der Waals surface area contributed by atoms with Gasteiger partial charge in [0.25, 0.3) is 0 Å². The van der Waals surface area contributed by atoms with Crippen molar-refractivity contribution >= 4 is 11.0 Å². The standard InChI is InChI=1S/C16H16FN3O/c1-9-5-10(2)15(19-8-9)16(20-18)14-7-11-6-12(17)3-4-13(11)21-14/h3-8,16,20H,18H2,1-2H3. The number of nitrogens with two attached hydrogens (primary N) is 1. The van der Waals surface area contributed by atoms with E-state index < -0.39 is 0 Å². The summed E-state index contributed by atoms with van der Waals surface area (Å²) in [4.78, 5) is 4.44. The van der Waals surface area contributed by atoms with Gasteiger partial charge in [0, 0.05) is 11.6 Å². The number of furan rings is 1. The first-order chi connectivity index (χ1) is 10.1. The van der Waals surface area contributed by atoms with Crippen LogP contribution in [-0.4, -0.2) is 4.98 Å². The number of rotatable bonds is 3. The highest BCUT2D eigenvalue weighted by atomic mass is 19.1. The maximum absolute atomic E-state index is 13.3. The SMILES string of the molecule is Cc1cnc(C(NN)c2cc3cc(F)ccc3o2)c(C)c1. The van der Waals surface area contributed by atoms with Gasteiger partial charge in [0.2, 0.25) is 0 Å². The Kier molecular flexibility index (Phi) is 3.45. The molecule has 21 heavy (non-hydrogen) atoms. The summed E-state index contributed by atoms with van der Waals surface area (Å²) in [5.74, 6) is 5.99. The topological polar surface area (TPSA) is 64.1 Å². The Morgan fingerprint density at radius 3 is 2.76 bits per heavy atom. The lowest BCUT2D eigenvalue weighted by atomic mass is 10.0. The molecule has 0 radical (unpaired) electrons. The number of halogens is 1. The molecule has 0 saturated heterocycles. The van der Waals surface area contributed by atoms with Crippen LogP contribution in [0.2, 0.25) is 0 Å². The molecule has 0 aliphatic heterocycles. The first-order valence-electron chi connectivity index (χ1n) is 6.67. The number of aromatic nitrogens is 1. The maximum Gasteiger partial charge on any atom is 0.134 e. The summed E-state index contributed by atoms with van der Waals surface area (Å²) < 4.78 is 19.0. The van der Waals surface area contributed by atoms with Crippen LogP contribution in [0.5, 0.6) is 0 Å². The van der Waals surface area contributed by atoms with Crippen LogP contribution in [0.1, 0.15) is 28.6 Å². The largest absolute Gasteiger partial charge is 0.459 e. The third-order valence-electron chi connectivity index (χ3n) is 3.48. The van der Waals surface area contributed by atoms with Gasteiger partial charge in [-0.1, -0.05) is 6.07 Å². The van der Waals surface area contributed by atoms with Crippen LogP contribution in [0.25, 0.3) is 11.0 Å². The van der Waals surface area contributed by atoms with E-state index in [-0.39, 0.29) is 11.9 Å². The monoisotopic (exact) mass is 285 g/mol. The van der Waals surface area contributed by atoms with Gasteiger partial charge in [-0.25, -0.2) is 9.82 Å². The molecule has 0 spiro atoms. The van der Waals surface area contributed by atoms with Crippen molar-refractivity contribution in [3.8, 4) is 0 Å². The molecule has 1 aromatic carbocycles. The van der Waals surface area contributed by atoms with Gasteiger partial charge in [0.05, 0.1) is 5.69 Å². The highest BCUT2D eigenvalue weighted by Gasteiger charge is 2.20. The second-order valence-corrected chi connectivity index (χ2v) is 5.15. The Bertz CT molecular complexity index is 797. The van der Waals surface area contributed by atoms with Crippen molar-refractivity contribution in [2.75, 3.05) is 0 Å². The molecule has 5 heteroatoms. The Morgan fingerprint density at radius 1 is 1.24 bits per heavy atom. The lowest BCUT2D eigenvalue weighted by Crippen LogP contribution is -2.29. The summed E-state index contributed by atoms with van der Waals surface area (Å²) in [7, 11) is 0. The molecule has 0 amide bonds. The molecule has 4 nitrogen and oxygen atoms in total. The molecule has 2 aromatic heterocycles. The quantitative estimate of drug-likeness (QED) is 0.573. The van der Waals surface area contributed by atoms with E-state index in [9.17, 15) is 4.39 Å². The van der Waals surface area contributed by atoms with Crippen molar-refractivity contribution in [2.45, 2.75) is 19.9 Å². The fourth-order valence-corrected chi connectivity index (χ4v) is 2.50. The minimum absolute atomic E-state index is 0.295. The highest BCUT2D eigenvalue weighted by molar-refractivity contribution is 5.78. The third-order valence-corrected chi connectivity index (χ3v) is 3.48. The summed E-state index contributed by atoms with van der Waals surface area (Å²) in [5, 5.41) is 0.704. The Labute approximate surface area is 121 Å². The van der Waals surface area contributed by atoms with Gasteiger partial charge < -0.3 is 4.42 Å². The van der Waals surface area contributed by atoms with Crippen molar-refractivity contribution in [3.63, 3.8) is 0 Å². The molecule has 3 aromatic rings. The molecular formula is C16H16FN3O. The predicted octanol–water partition coefficient (Wildman–Crippen LogP) is 3.14. The Morgan fingerprint density at radius 2 is 2.05 bits per heavy atom. The van der Waals surface area contributed by atoms with Crippen LogP contribution < -0.4 is 11.3 Å². The molecule has 0 aliphatic rings. The van der Waals surface area contributed by atoms with E-state index in [1.807, 2.05) is 19.9 Å². The second kappa shape index (κ2) is 5.27. The van der Waals surface area contributed by atoms with Crippen LogP contribution in [0.15, 0.2) is 40.9 Å². The van der Waals surface area contributed by atoms with Crippen molar-refractivity contribution < 1.29 is 8.81 Å². The van der Waals surface area contributed by atoms with Gasteiger partial charge in [0.1, 0.15) is 23.2 Å². The number of benzene rings is 1. The first kappa shape index (κ1) is 13.7. The zero-order valence-corrected chi connectivity index (χ0v) is 11.9. The molecule has 0 saturated carbocycles. The summed E-state index contributed by atoms with van der Waals surface area (Å²) >= 11 is 0. The van der Waals surface area contributed by atoms with E-state index in [2.05, 4.69) is 10.4 Å². The number of hydrogen-bond acceptors (Lipinski definition) is 4. The Hall–Kier alpha value is -2.24. The van der Waals surface area contributed by atoms with E-state index in [1.54, 1.807) is 18.3 Å². The molecule has 0 bridgehead atoms. The maximum atomic E-state index is 13.3. The van der Waals surface area contributed by atoms with E-state index in [0.717, 1.165) is 16.8 Å². The van der Waals surface area contributed by atoms with Crippen LogP contribution >= 0.6 is 0 Å². The van der Waals surface area contributed by atoms with Gasteiger partial charge in [-0.05, 0) is 49.2 Å². The average molecular weight is 285 g/mol. The third kappa shape index (κ3) is 2.53. The van der Waals surface area contributed by atoms with Crippen molar-refractivity contribution in [1.29, 1.82) is 0 Å². The van der Waals surface area contributed by atoms with E-state index in [0.29, 0.717) is 16.7 Å². The van der Waals surface area contributed by atoms with E-state index in [1.165, 1.54) is 12.1 Å². The molecule has 3 rings (SSSR count). The minimum atomic E-state index is -0.374. The molecular weight excluding hydrogens is 269 g/mol. The summed E-state index contributed by atoms with van der Waals surface area (Å²) in [5.41, 5.74) is 6.24. The number of pyridine rings is 1. The van der Waals surface area contributed by atoms with Crippen molar-refractivity contribution in [2.24, 2.45) is 5.84 Å². The smallest absolute Gasteiger partial charge is 0.134 e. The number of fused-ring (bicyclic) bond motifs is 1. The fourth-order valence-electron chi connectivity index (χ4n) is 2.50. The number of nitrogens with one attached hydrogen (secondary N) is 1. The lowest BCUT2D eigenvalue weighted by molar-refractivity contribution is 0.469. The fraction of sp³-hybridized carbons (Fsp3) is 0.188.